The van der Waals surface area contributed by atoms with Crippen LogP contribution in [0.3, 0.4) is 0 Å². The Morgan fingerprint density at radius 3 is 1.43 bits per heavy atom. The fourth-order valence-electron chi connectivity index (χ4n) is 8.40. The Labute approximate surface area is 414 Å². The highest BCUT2D eigenvalue weighted by Gasteiger charge is 2.57. The second kappa shape index (κ2) is 38.1. The number of cyclic esters (lactones) is 2. The third kappa shape index (κ3) is 29.5. The Bertz CT molecular complexity index is 1310. The summed E-state index contributed by atoms with van der Waals surface area (Å²) >= 11 is 0. The van der Waals surface area contributed by atoms with Gasteiger partial charge in [-0.25, -0.2) is 9.59 Å². The number of hydrogen-bond acceptors (Lipinski definition) is 12. The molecular formula is C54H102N2O12. The van der Waals surface area contributed by atoms with Gasteiger partial charge in [0.1, 0.15) is 13.2 Å². The Morgan fingerprint density at radius 2 is 0.971 bits per heavy atom. The highest BCUT2D eigenvalue weighted by molar-refractivity contribution is 5.88. The van der Waals surface area contributed by atoms with Crippen molar-refractivity contribution in [2.75, 3.05) is 73.1 Å². The van der Waals surface area contributed by atoms with E-state index < -0.39 is 40.7 Å². The topological polar surface area (TPSA) is 166 Å². The third-order valence-corrected chi connectivity index (χ3v) is 13.8. The average Bonchev–Trinajstić information content (AvgIpc) is 3.30. The number of esters is 2. The van der Waals surface area contributed by atoms with Crippen molar-refractivity contribution in [3.05, 3.63) is 0 Å². The van der Waals surface area contributed by atoms with Gasteiger partial charge in [0, 0.05) is 26.6 Å². The highest BCUT2D eigenvalue weighted by Crippen LogP contribution is 2.50. The summed E-state index contributed by atoms with van der Waals surface area (Å²) in [6.07, 6.45) is 26.7. The monoisotopic (exact) mass is 971 g/mol. The first kappa shape index (κ1) is 63.3. The zero-order valence-corrected chi connectivity index (χ0v) is 44.9. The molecule has 1 rings (SSSR count). The summed E-state index contributed by atoms with van der Waals surface area (Å²) in [6, 6.07) is 0. The van der Waals surface area contributed by atoms with Gasteiger partial charge in [-0.1, -0.05) is 155 Å². The van der Waals surface area contributed by atoms with Crippen molar-refractivity contribution in [2.24, 2.45) is 10.8 Å². The van der Waals surface area contributed by atoms with E-state index in [1.54, 1.807) is 7.11 Å². The van der Waals surface area contributed by atoms with Crippen LogP contribution in [0.25, 0.3) is 0 Å². The van der Waals surface area contributed by atoms with Crippen LogP contribution in [0.1, 0.15) is 222 Å². The summed E-state index contributed by atoms with van der Waals surface area (Å²) in [6.45, 7) is 18.1. The van der Waals surface area contributed by atoms with Crippen molar-refractivity contribution in [1.82, 2.24) is 10.6 Å². The second-order valence-electron chi connectivity index (χ2n) is 20.7. The first-order valence-electron chi connectivity index (χ1n) is 27.1. The summed E-state index contributed by atoms with van der Waals surface area (Å²) in [5, 5.41) is 5.30. The van der Waals surface area contributed by atoms with E-state index in [2.05, 4.69) is 24.5 Å². The summed E-state index contributed by atoms with van der Waals surface area (Å²) in [5.74, 6) is -0.802. The Morgan fingerprint density at radius 1 is 0.559 bits per heavy atom. The molecule has 1 heterocycles. The molecule has 1 saturated heterocycles. The molecule has 0 aromatic heterocycles. The van der Waals surface area contributed by atoms with Gasteiger partial charge < -0.3 is 48.5 Å². The summed E-state index contributed by atoms with van der Waals surface area (Å²) in [5.41, 5.74) is -2.80. The van der Waals surface area contributed by atoms with Crippen molar-refractivity contribution in [3.8, 4) is 0 Å². The number of methoxy groups -OCH3 is 1. The minimum atomic E-state index is -1.08. The molecule has 400 valence electrons. The minimum Gasteiger partial charge on any atom is -0.461 e. The lowest BCUT2D eigenvalue weighted by Crippen LogP contribution is -2.54. The third-order valence-electron chi connectivity index (χ3n) is 13.8. The van der Waals surface area contributed by atoms with Crippen LogP contribution in [-0.2, 0) is 47.5 Å². The largest absolute Gasteiger partial charge is 0.461 e. The fraction of sp³-hybridized carbons (Fsp3) is 0.926. The van der Waals surface area contributed by atoms with Crippen LogP contribution in [0.15, 0.2) is 0 Å². The normalized spacial score (nSPS) is 18.9. The van der Waals surface area contributed by atoms with Crippen LogP contribution in [0.4, 0.5) is 9.59 Å². The fourth-order valence-corrected chi connectivity index (χ4v) is 8.40. The zero-order valence-electron chi connectivity index (χ0n) is 44.9. The van der Waals surface area contributed by atoms with Crippen LogP contribution in [0.2, 0.25) is 0 Å². The number of hydrogen-bond donors (Lipinski definition) is 2. The van der Waals surface area contributed by atoms with Crippen molar-refractivity contribution >= 4 is 24.1 Å². The zero-order chi connectivity index (χ0) is 50.4. The number of unbranched alkanes of at least 4 members (excludes halogenated alkanes) is 20. The molecule has 0 spiro atoms. The predicted molar refractivity (Wildman–Crippen MR) is 270 cm³/mol. The number of ether oxygens (including phenoxy) is 8. The lowest BCUT2D eigenvalue weighted by molar-refractivity contribution is -0.199. The molecule has 2 unspecified atom stereocenters. The van der Waals surface area contributed by atoms with Gasteiger partial charge in [0.25, 0.3) is 0 Å². The van der Waals surface area contributed by atoms with Gasteiger partial charge >= 0.3 is 24.1 Å². The molecule has 0 radical (unpaired) electrons. The van der Waals surface area contributed by atoms with Crippen molar-refractivity contribution in [2.45, 2.75) is 240 Å². The Hall–Kier alpha value is -2.68. The number of alkyl carbamates (subject to hydrolysis) is 2. The molecule has 68 heavy (non-hydrogen) atoms. The average molecular weight is 971 g/mol. The molecule has 0 saturated carbocycles. The molecule has 0 aromatic rings. The molecule has 0 aromatic carbocycles. The number of carbonyl (C=O) groups excluding carboxylic acids is 4. The van der Waals surface area contributed by atoms with Gasteiger partial charge in [-0.2, -0.15) is 0 Å². The maximum Gasteiger partial charge on any atom is 0.407 e. The lowest BCUT2D eigenvalue weighted by atomic mass is 9.60. The number of carbonyl (C=O) groups is 4. The molecule has 1 fully saturated rings. The molecule has 2 amide bonds. The van der Waals surface area contributed by atoms with E-state index in [4.69, 9.17) is 37.9 Å². The first-order chi connectivity index (χ1) is 32.6. The highest BCUT2D eigenvalue weighted by atomic mass is 16.6. The van der Waals surface area contributed by atoms with E-state index in [9.17, 15) is 19.2 Å². The first-order valence-corrected chi connectivity index (χ1v) is 27.1. The maximum absolute atomic E-state index is 14.2. The predicted octanol–water partition coefficient (Wildman–Crippen LogP) is 12.4. The van der Waals surface area contributed by atoms with Gasteiger partial charge in [0.2, 0.25) is 0 Å². The molecular weight excluding hydrogens is 869 g/mol. The van der Waals surface area contributed by atoms with Crippen molar-refractivity contribution in [1.29, 1.82) is 0 Å². The van der Waals surface area contributed by atoms with Crippen LogP contribution >= 0.6 is 0 Å². The van der Waals surface area contributed by atoms with Gasteiger partial charge in [0.05, 0.1) is 61.7 Å². The minimum absolute atomic E-state index is 0.178. The summed E-state index contributed by atoms with van der Waals surface area (Å²) in [7, 11) is 1.68. The number of amides is 2. The van der Waals surface area contributed by atoms with Gasteiger partial charge in [0.15, 0.2) is 6.10 Å². The van der Waals surface area contributed by atoms with Crippen molar-refractivity contribution in [3.63, 3.8) is 0 Å². The van der Waals surface area contributed by atoms with Gasteiger partial charge in [-0.15, -0.1) is 0 Å². The molecule has 0 aliphatic carbocycles. The number of rotatable bonds is 43. The van der Waals surface area contributed by atoms with E-state index in [1.807, 2.05) is 41.5 Å². The van der Waals surface area contributed by atoms with E-state index in [-0.39, 0.29) is 64.3 Å². The molecule has 0 bridgehead atoms. The van der Waals surface area contributed by atoms with Gasteiger partial charge in [-0.05, 0) is 60.8 Å². The SMILES string of the molecule is CCCCCCCCCCCCCC1(C)C(=O)OC[C@H](COC(=O)NCCOCCOCCNC(=O)OCCC(C)(C)OCCC(C)(C)OC)OC(=O)C1(C)CCCCCCCCCCCCC. The van der Waals surface area contributed by atoms with Crippen LogP contribution in [0, 0.1) is 10.8 Å². The molecule has 1 aliphatic heterocycles. The summed E-state index contributed by atoms with van der Waals surface area (Å²) < 4.78 is 45.0. The molecule has 2 N–H and O–H groups in total. The van der Waals surface area contributed by atoms with Crippen LogP contribution in [0.5, 0.6) is 0 Å². The van der Waals surface area contributed by atoms with Crippen LogP contribution in [-0.4, -0.2) is 114 Å². The standard InChI is InChI=1S/C54H102N2O12/c1-10-12-14-16-18-20-22-24-26-28-30-32-53(7)47(57)65-44-46(68-48(58)54(53,8)33-31-29-27-25-23-21-19-17-15-13-11-2)45-66-50(60)56-37-41-63-43-42-62-40-36-55-49(59)64-38-34-52(5,6)67-39-35-51(3,4)61-9/h46H,10-45H2,1-9H3,(H,55,59)(H,56,60)/t46-,53?,54?/m1/s1. The van der Waals surface area contributed by atoms with E-state index in [0.29, 0.717) is 32.5 Å². The molecule has 14 nitrogen and oxygen atoms in total. The molecule has 1 aliphatic rings. The van der Waals surface area contributed by atoms with Crippen molar-refractivity contribution < 1.29 is 57.1 Å². The maximum atomic E-state index is 14.2. The van der Waals surface area contributed by atoms with Gasteiger partial charge in [-0.3, -0.25) is 9.59 Å². The Kier molecular flexibility index (Phi) is 35.4. The van der Waals surface area contributed by atoms with E-state index in [0.717, 1.165) is 44.9 Å². The molecule has 14 heteroatoms. The number of nitrogens with one attached hydrogen (secondary N) is 2. The second-order valence-corrected chi connectivity index (χ2v) is 20.7. The van der Waals surface area contributed by atoms with Crippen LogP contribution < -0.4 is 10.6 Å². The summed E-state index contributed by atoms with van der Waals surface area (Å²) in [4.78, 5) is 52.8. The quantitative estimate of drug-likeness (QED) is 0.0338. The molecule has 3 atom stereocenters. The lowest BCUT2D eigenvalue weighted by Gasteiger charge is -2.45. The van der Waals surface area contributed by atoms with E-state index >= 15 is 0 Å². The Balaban J connectivity index is 2.47. The smallest absolute Gasteiger partial charge is 0.407 e. The van der Waals surface area contributed by atoms with E-state index in [1.165, 1.54) is 103 Å².